The maximum atomic E-state index is 12.6. The summed E-state index contributed by atoms with van der Waals surface area (Å²) in [6.07, 6.45) is 0.0602. The first-order valence-electron chi connectivity index (χ1n) is 7.90. The van der Waals surface area contributed by atoms with E-state index in [4.69, 9.17) is 9.95 Å². The summed E-state index contributed by atoms with van der Waals surface area (Å²) in [5, 5.41) is 14.5. The van der Waals surface area contributed by atoms with E-state index < -0.39 is 11.5 Å². The minimum absolute atomic E-state index is 0.0374. The molecule has 1 aromatic heterocycles. The molecule has 0 aliphatic rings. The van der Waals surface area contributed by atoms with Crippen LogP contribution in [0, 0.1) is 0 Å². The number of azide groups is 1. The summed E-state index contributed by atoms with van der Waals surface area (Å²) in [5.74, 6) is -0.971. The van der Waals surface area contributed by atoms with Crippen LogP contribution in [0.1, 0.15) is 30.4 Å². The molecule has 7 nitrogen and oxygen atoms in total. The Labute approximate surface area is 148 Å². The highest BCUT2D eigenvalue weighted by atomic mass is 16.4. The summed E-state index contributed by atoms with van der Waals surface area (Å²) in [6.45, 7) is 1.43. The van der Waals surface area contributed by atoms with Crippen molar-refractivity contribution in [1.82, 2.24) is 0 Å². The van der Waals surface area contributed by atoms with Gasteiger partial charge in [0.25, 0.3) is 0 Å². The molecule has 0 spiro atoms. The zero-order valence-electron chi connectivity index (χ0n) is 13.9. The average molecular weight is 349 g/mol. The normalized spacial score (nSPS) is 11.7. The van der Waals surface area contributed by atoms with Gasteiger partial charge in [-0.1, -0.05) is 41.5 Å². The fraction of sp³-hybridized carbons (Fsp3) is 0.158. The van der Waals surface area contributed by atoms with Gasteiger partial charge in [-0.3, -0.25) is 4.79 Å². The molecule has 0 aliphatic heterocycles. The highest BCUT2D eigenvalue weighted by Crippen LogP contribution is 2.37. The van der Waals surface area contributed by atoms with Gasteiger partial charge < -0.3 is 9.52 Å². The van der Waals surface area contributed by atoms with Crippen LogP contribution in [0.5, 0.6) is 5.75 Å². The highest BCUT2D eigenvalue weighted by Gasteiger charge is 2.25. The molecule has 0 fully saturated rings. The molecule has 0 bridgehead atoms. The highest BCUT2D eigenvalue weighted by molar-refractivity contribution is 5.87. The van der Waals surface area contributed by atoms with Crippen molar-refractivity contribution in [3.05, 3.63) is 80.5 Å². The van der Waals surface area contributed by atoms with Gasteiger partial charge in [0.2, 0.25) is 0 Å². The van der Waals surface area contributed by atoms with E-state index in [1.807, 2.05) is 6.07 Å². The van der Waals surface area contributed by atoms with Crippen molar-refractivity contribution in [3.8, 4) is 5.75 Å². The summed E-state index contributed by atoms with van der Waals surface area (Å²) in [6, 6.07) is 13.4. The summed E-state index contributed by atoms with van der Waals surface area (Å²) >= 11 is 0. The van der Waals surface area contributed by atoms with E-state index in [0.29, 0.717) is 5.39 Å². The lowest BCUT2D eigenvalue weighted by atomic mass is 9.87. The number of fused-ring (bicyclic) bond motifs is 1. The first-order chi connectivity index (χ1) is 12.5. The summed E-state index contributed by atoms with van der Waals surface area (Å²) < 4.78 is 5.33. The van der Waals surface area contributed by atoms with Crippen LogP contribution < -0.4 is 5.63 Å². The third-order valence-electron chi connectivity index (χ3n) is 4.10. The third kappa shape index (κ3) is 3.29. The summed E-state index contributed by atoms with van der Waals surface area (Å²) in [5.41, 5.74) is 8.92. The van der Waals surface area contributed by atoms with Crippen molar-refractivity contribution in [1.29, 1.82) is 0 Å². The van der Waals surface area contributed by atoms with Gasteiger partial charge >= 0.3 is 5.63 Å². The van der Waals surface area contributed by atoms with Gasteiger partial charge in [-0.25, -0.2) is 4.79 Å². The second-order valence-electron chi connectivity index (χ2n) is 5.89. The second-order valence-corrected chi connectivity index (χ2v) is 5.89. The van der Waals surface area contributed by atoms with E-state index in [2.05, 4.69) is 10.0 Å². The van der Waals surface area contributed by atoms with E-state index >= 15 is 0 Å². The van der Waals surface area contributed by atoms with E-state index in [1.54, 1.807) is 24.3 Å². The number of carbonyl (C=O) groups excluding carboxylic acids is 1. The van der Waals surface area contributed by atoms with Crippen LogP contribution in [0.25, 0.3) is 21.4 Å². The van der Waals surface area contributed by atoms with Gasteiger partial charge in [0.15, 0.2) is 0 Å². The molecule has 0 saturated heterocycles. The van der Waals surface area contributed by atoms with Gasteiger partial charge in [0.1, 0.15) is 17.1 Å². The Bertz CT molecular complexity index is 1080. The lowest BCUT2D eigenvalue weighted by molar-refractivity contribution is -0.117. The van der Waals surface area contributed by atoms with Gasteiger partial charge in [-0.15, -0.1) is 0 Å². The van der Waals surface area contributed by atoms with Crippen LogP contribution in [-0.2, 0) is 4.79 Å². The molecular formula is C19H15N3O4. The molecule has 3 rings (SSSR count). The molecule has 0 amide bonds. The third-order valence-corrected chi connectivity index (χ3v) is 4.10. The number of aromatic hydroxyl groups is 1. The monoisotopic (exact) mass is 349 g/mol. The molecule has 130 valence electrons. The molecule has 0 aliphatic carbocycles. The molecule has 1 N–H and O–H groups in total. The van der Waals surface area contributed by atoms with Gasteiger partial charge in [0.05, 0.1) is 10.9 Å². The predicted octanol–water partition coefficient (Wildman–Crippen LogP) is 4.55. The average Bonchev–Trinajstić information content (AvgIpc) is 2.61. The Morgan fingerprint density at radius 3 is 2.65 bits per heavy atom. The zero-order chi connectivity index (χ0) is 18.7. The van der Waals surface area contributed by atoms with Crippen molar-refractivity contribution < 1.29 is 14.3 Å². The number of hydrogen-bond acceptors (Lipinski definition) is 5. The topological polar surface area (TPSA) is 116 Å². The second kappa shape index (κ2) is 7.13. The molecule has 1 heterocycles. The van der Waals surface area contributed by atoms with Crippen molar-refractivity contribution in [2.45, 2.75) is 19.3 Å². The Morgan fingerprint density at radius 2 is 2.00 bits per heavy atom. The number of nitrogens with zero attached hydrogens (tertiary/aromatic N) is 3. The van der Waals surface area contributed by atoms with E-state index in [-0.39, 0.29) is 34.8 Å². The molecule has 0 saturated carbocycles. The zero-order valence-corrected chi connectivity index (χ0v) is 13.9. The first-order valence-corrected chi connectivity index (χ1v) is 7.90. The van der Waals surface area contributed by atoms with E-state index in [1.165, 1.54) is 25.1 Å². The minimum Gasteiger partial charge on any atom is -0.507 e. The molecule has 0 radical (unpaired) electrons. The molecular weight excluding hydrogens is 334 g/mol. The Balaban J connectivity index is 2.24. The number of ketones is 1. The lowest BCUT2D eigenvalue weighted by Crippen LogP contribution is -2.16. The predicted molar refractivity (Wildman–Crippen MR) is 96.5 cm³/mol. The van der Waals surface area contributed by atoms with Crippen molar-refractivity contribution in [2.24, 2.45) is 5.11 Å². The van der Waals surface area contributed by atoms with Crippen molar-refractivity contribution in [3.63, 3.8) is 0 Å². The summed E-state index contributed by atoms with van der Waals surface area (Å²) in [4.78, 5) is 27.0. The quantitative estimate of drug-likeness (QED) is 0.315. The molecule has 1 atom stereocenters. The maximum Gasteiger partial charge on any atom is 0.343 e. The summed E-state index contributed by atoms with van der Waals surface area (Å²) in [7, 11) is 0. The minimum atomic E-state index is -0.733. The SMILES string of the molecule is CC(=O)CC(c1ccccc1)c1c(O)c2ccc(N=[N+]=[N-])cc2oc1=O. The van der Waals surface area contributed by atoms with Crippen molar-refractivity contribution >= 4 is 22.4 Å². The van der Waals surface area contributed by atoms with Crippen LogP contribution in [-0.4, -0.2) is 10.9 Å². The molecule has 2 aromatic carbocycles. The molecule has 26 heavy (non-hydrogen) atoms. The fourth-order valence-electron chi connectivity index (χ4n) is 2.97. The number of carbonyl (C=O) groups is 1. The van der Waals surface area contributed by atoms with Gasteiger partial charge in [-0.05, 0) is 30.2 Å². The standard InChI is InChI=1S/C19H15N3O4/c1-11(23)9-15(12-5-3-2-4-6-12)17-18(24)14-8-7-13(21-22-20)10-16(14)26-19(17)25/h2-8,10,15,24H,9H2,1H3. The number of rotatable bonds is 5. The van der Waals surface area contributed by atoms with Crippen LogP contribution in [0.15, 0.2) is 62.9 Å². The molecule has 1 unspecified atom stereocenters. The van der Waals surface area contributed by atoms with Crippen molar-refractivity contribution in [2.75, 3.05) is 0 Å². The Hall–Kier alpha value is -3.57. The number of benzene rings is 2. The van der Waals surface area contributed by atoms with E-state index in [9.17, 15) is 14.7 Å². The van der Waals surface area contributed by atoms with Gasteiger partial charge in [-0.2, -0.15) is 0 Å². The van der Waals surface area contributed by atoms with Gasteiger partial charge in [0, 0.05) is 22.9 Å². The number of hydrogen-bond donors (Lipinski definition) is 1. The van der Waals surface area contributed by atoms with Crippen LogP contribution >= 0.6 is 0 Å². The Morgan fingerprint density at radius 1 is 1.27 bits per heavy atom. The van der Waals surface area contributed by atoms with Crippen LogP contribution in [0.4, 0.5) is 5.69 Å². The largest absolute Gasteiger partial charge is 0.507 e. The smallest absolute Gasteiger partial charge is 0.343 e. The number of Topliss-reactive ketones (excluding diaryl/α,β-unsaturated/α-hetero) is 1. The molecule has 3 aromatic rings. The Kier molecular flexibility index (Phi) is 4.73. The molecule has 7 heteroatoms. The van der Waals surface area contributed by atoms with E-state index in [0.717, 1.165) is 5.56 Å². The first kappa shape index (κ1) is 17.3. The van der Waals surface area contributed by atoms with Crippen LogP contribution in [0.2, 0.25) is 0 Å². The lowest BCUT2D eigenvalue weighted by Gasteiger charge is -2.17. The fourth-order valence-corrected chi connectivity index (χ4v) is 2.97. The van der Waals surface area contributed by atoms with Crippen LogP contribution in [0.3, 0.4) is 0 Å². The maximum absolute atomic E-state index is 12.6.